The number of hydrogen-bond donors (Lipinski definition) is 4. The number of carbonyl (C=O) groups excluding carboxylic acids is 1. The molecule has 1 saturated carbocycles. The van der Waals surface area contributed by atoms with Gasteiger partial charge in [-0.15, -0.1) is 0 Å². The van der Waals surface area contributed by atoms with Crippen LogP contribution in [0.2, 0.25) is 0 Å². The van der Waals surface area contributed by atoms with Crippen LogP contribution in [0, 0.1) is 0 Å². The van der Waals surface area contributed by atoms with Gasteiger partial charge >= 0.3 is 6.03 Å². The minimum absolute atomic E-state index is 0.271. The van der Waals surface area contributed by atoms with Crippen LogP contribution in [0.5, 0.6) is 0 Å². The molecular weight excluding hydrogens is 416 g/mol. The third-order valence-corrected chi connectivity index (χ3v) is 7.03. The lowest BCUT2D eigenvalue weighted by Gasteiger charge is -2.34. The molecule has 8 nitrogen and oxygen atoms in total. The van der Waals surface area contributed by atoms with Crippen molar-refractivity contribution in [1.29, 1.82) is 0 Å². The first-order valence-corrected chi connectivity index (χ1v) is 12.0. The van der Waals surface area contributed by atoms with Gasteiger partial charge in [-0.05, 0) is 49.4 Å². The first kappa shape index (κ1) is 21.7. The van der Waals surface area contributed by atoms with E-state index in [1.165, 1.54) is 5.56 Å². The summed E-state index contributed by atoms with van der Waals surface area (Å²) in [6.45, 7) is 2.14. The van der Waals surface area contributed by atoms with Crippen molar-refractivity contribution in [2.45, 2.75) is 56.5 Å². The molecule has 2 aromatic heterocycles. The average molecular weight is 449 g/mol. The smallest absolute Gasteiger partial charge is 0.319 e. The predicted molar refractivity (Wildman–Crippen MR) is 130 cm³/mol. The molecule has 0 radical (unpaired) electrons. The second-order valence-corrected chi connectivity index (χ2v) is 9.44. The number of nitrogens with one attached hydrogen (secondary N) is 3. The number of rotatable bonds is 5. The zero-order chi connectivity index (χ0) is 22.7. The van der Waals surface area contributed by atoms with Crippen molar-refractivity contribution in [3.8, 4) is 0 Å². The summed E-state index contributed by atoms with van der Waals surface area (Å²) < 4.78 is 0. The maximum absolute atomic E-state index is 12.5. The van der Waals surface area contributed by atoms with E-state index < -0.39 is 5.60 Å². The van der Waals surface area contributed by atoms with E-state index in [0.29, 0.717) is 12.5 Å². The first-order valence-electron chi connectivity index (χ1n) is 12.0. The van der Waals surface area contributed by atoms with E-state index in [0.717, 1.165) is 80.6 Å². The molecule has 1 aliphatic heterocycles. The van der Waals surface area contributed by atoms with Crippen LogP contribution in [-0.4, -0.2) is 51.3 Å². The Kier molecular flexibility index (Phi) is 6.17. The summed E-state index contributed by atoms with van der Waals surface area (Å²) >= 11 is 0. The van der Waals surface area contributed by atoms with Crippen LogP contribution in [0.1, 0.15) is 56.4 Å². The molecular formula is C25H32N6O2. The quantitative estimate of drug-likeness (QED) is 0.469. The van der Waals surface area contributed by atoms with E-state index in [1.807, 2.05) is 24.4 Å². The van der Waals surface area contributed by atoms with Gasteiger partial charge in [0.25, 0.3) is 0 Å². The van der Waals surface area contributed by atoms with E-state index in [9.17, 15) is 9.90 Å². The highest BCUT2D eigenvalue weighted by atomic mass is 16.3. The molecule has 4 N–H and O–H groups in total. The van der Waals surface area contributed by atoms with E-state index in [2.05, 4.69) is 42.6 Å². The van der Waals surface area contributed by atoms with Crippen molar-refractivity contribution in [2.24, 2.45) is 0 Å². The SMILES string of the molecule is O=C(NCC1(O)CCCCC1)Nc1cccc(C2CCCN(c3ncnc4[nH]ccc34)C2)c1. The number of fused-ring (bicyclic) bond motifs is 1. The minimum atomic E-state index is -0.769. The summed E-state index contributed by atoms with van der Waals surface area (Å²) in [4.78, 5) is 26.8. The van der Waals surface area contributed by atoms with Crippen LogP contribution in [0.4, 0.5) is 16.3 Å². The Bertz CT molecular complexity index is 1110. The number of urea groups is 1. The highest BCUT2D eigenvalue weighted by Crippen LogP contribution is 2.33. The van der Waals surface area contributed by atoms with Crippen molar-refractivity contribution in [3.05, 3.63) is 48.4 Å². The van der Waals surface area contributed by atoms with Gasteiger partial charge in [0.2, 0.25) is 0 Å². The van der Waals surface area contributed by atoms with Gasteiger partial charge < -0.3 is 25.6 Å². The van der Waals surface area contributed by atoms with Crippen molar-refractivity contribution in [2.75, 3.05) is 29.9 Å². The van der Waals surface area contributed by atoms with Crippen LogP contribution in [0.3, 0.4) is 0 Å². The highest BCUT2D eigenvalue weighted by molar-refractivity contribution is 5.89. The van der Waals surface area contributed by atoms with E-state index >= 15 is 0 Å². The summed E-state index contributed by atoms with van der Waals surface area (Å²) in [7, 11) is 0. The van der Waals surface area contributed by atoms with Gasteiger partial charge in [0.05, 0.1) is 11.0 Å². The Morgan fingerprint density at radius 3 is 2.94 bits per heavy atom. The standard InChI is InChI=1S/C25H32N6O2/c32-24(27-16-25(33)10-2-1-3-11-25)30-20-8-4-6-18(14-20)19-7-5-13-31(15-19)23-21-9-12-26-22(21)28-17-29-23/h4,6,8-9,12,14,17,19,33H,1-3,5,7,10-11,13,15-16H2,(H,26,28,29)(H2,27,30,32). The van der Waals surface area contributed by atoms with Crippen LogP contribution in [-0.2, 0) is 0 Å². The molecule has 0 bridgehead atoms. The van der Waals surface area contributed by atoms with Gasteiger partial charge in [-0.3, -0.25) is 0 Å². The maximum Gasteiger partial charge on any atom is 0.319 e. The molecule has 0 spiro atoms. The highest BCUT2D eigenvalue weighted by Gasteiger charge is 2.29. The molecule has 1 unspecified atom stereocenters. The van der Waals surface area contributed by atoms with Crippen molar-refractivity contribution >= 4 is 28.6 Å². The van der Waals surface area contributed by atoms with Crippen LogP contribution >= 0.6 is 0 Å². The number of amides is 2. The van der Waals surface area contributed by atoms with Crippen molar-refractivity contribution in [1.82, 2.24) is 20.3 Å². The molecule has 3 heterocycles. The van der Waals surface area contributed by atoms with Gasteiger partial charge in [0.15, 0.2) is 0 Å². The first-order chi connectivity index (χ1) is 16.1. The summed E-state index contributed by atoms with van der Waals surface area (Å²) in [5.41, 5.74) is 2.07. The van der Waals surface area contributed by atoms with Gasteiger partial charge in [0.1, 0.15) is 17.8 Å². The van der Waals surface area contributed by atoms with Crippen molar-refractivity contribution in [3.63, 3.8) is 0 Å². The normalized spacial score (nSPS) is 20.5. The lowest BCUT2D eigenvalue weighted by molar-refractivity contribution is 0.00755. The Morgan fingerprint density at radius 1 is 1.18 bits per heavy atom. The van der Waals surface area contributed by atoms with Gasteiger partial charge in [-0.25, -0.2) is 14.8 Å². The number of anilines is 2. The van der Waals surface area contributed by atoms with Gasteiger partial charge in [-0.2, -0.15) is 0 Å². The second-order valence-electron chi connectivity index (χ2n) is 9.44. The Labute approximate surface area is 193 Å². The number of aliphatic hydroxyl groups is 1. The third-order valence-electron chi connectivity index (χ3n) is 7.03. The number of nitrogens with zero attached hydrogens (tertiary/aromatic N) is 3. The maximum atomic E-state index is 12.5. The minimum Gasteiger partial charge on any atom is -0.388 e. The molecule has 1 saturated heterocycles. The molecule has 3 aromatic rings. The zero-order valence-electron chi connectivity index (χ0n) is 18.9. The Hall–Kier alpha value is -3.13. The molecule has 1 atom stereocenters. The molecule has 1 aliphatic carbocycles. The van der Waals surface area contributed by atoms with Gasteiger partial charge in [0, 0.05) is 37.4 Å². The second kappa shape index (κ2) is 9.39. The van der Waals surface area contributed by atoms with Crippen LogP contribution in [0.25, 0.3) is 11.0 Å². The molecule has 5 rings (SSSR count). The molecule has 1 aromatic carbocycles. The van der Waals surface area contributed by atoms with E-state index in [1.54, 1.807) is 6.33 Å². The van der Waals surface area contributed by atoms with Crippen LogP contribution < -0.4 is 15.5 Å². The van der Waals surface area contributed by atoms with Gasteiger partial charge in [-0.1, -0.05) is 31.4 Å². The Balaban J connectivity index is 1.23. The van der Waals surface area contributed by atoms with E-state index in [4.69, 9.17) is 0 Å². The molecule has 8 heteroatoms. The number of benzene rings is 1. The third kappa shape index (κ3) is 4.95. The Morgan fingerprint density at radius 2 is 2.06 bits per heavy atom. The number of carbonyl (C=O) groups is 1. The number of piperidine rings is 1. The summed E-state index contributed by atoms with van der Waals surface area (Å²) in [5, 5.41) is 17.5. The average Bonchev–Trinajstić information content (AvgIpc) is 3.33. The van der Waals surface area contributed by atoms with Crippen molar-refractivity contribution < 1.29 is 9.90 Å². The lowest BCUT2D eigenvalue weighted by Crippen LogP contribution is -2.45. The number of hydrogen-bond acceptors (Lipinski definition) is 5. The molecule has 174 valence electrons. The zero-order valence-corrected chi connectivity index (χ0v) is 18.9. The van der Waals surface area contributed by atoms with E-state index in [-0.39, 0.29) is 6.03 Å². The summed E-state index contributed by atoms with van der Waals surface area (Å²) in [6.07, 6.45) is 10.4. The topological polar surface area (TPSA) is 106 Å². The monoisotopic (exact) mass is 448 g/mol. The fourth-order valence-electron chi connectivity index (χ4n) is 5.23. The molecule has 2 fully saturated rings. The predicted octanol–water partition coefficient (Wildman–Crippen LogP) is 4.16. The number of aromatic nitrogens is 3. The fraction of sp³-hybridized carbons (Fsp3) is 0.480. The fourth-order valence-corrected chi connectivity index (χ4v) is 5.23. The van der Waals surface area contributed by atoms with Crippen LogP contribution in [0.15, 0.2) is 42.9 Å². The summed E-state index contributed by atoms with van der Waals surface area (Å²) in [6, 6.07) is 9.86. The molecule has 2 amide bonds. The summed E-state index contributed by atoms with van der Waals surface area (Å²) in [5.74, 6) is 1.33. The number of H-pyrrole nitrogens is 1. The largest absolute Gasteiger partial charge is 0.388 e. The number of aromatic amines is 1. The molecule has 33 heavy (non-hydrogen) atoms. The molecule has 2 aliphatic rings. The lowest BCUT2D eigenvalue weighted by atomic mass is 9.85.